The summed E-state index contributed by atoms with van der Waals surface area (Å²) < 4.78 is 8.64. The standard InChI is InChI=1S/C28H38N8O2Si/c1-17(2)36-23(14-22(35-36)25(37)30-7)34-26-31-11-10-21(33-26)18-12-19(15-29)24-20(13-18)28(6,16-32-24)38-39(8,9)27(3,4)5/h10-14,17,32H,16H2,1-9H3,(H,30,37)(H,31,33,34). The molecule has 2 aromatic heterocycles. The van der Waals surface area contributed by atoms with Gasteiger partial charge in [-0.05, 0) is 57.1 Å². The highest BCUT2D eigenvalue weighted by atomic mass is 28.4. The zero-order chi connectivity index (χ0) is 28.8. The van der Waals surface area contributed by atoms with Crippen LogP contribution >= 0.6 is 0 Å². The maximum Gasteiger partial charge on any atom is 0.271 e. The van der Waals surface area contributed by atoms with Crippen LogP contribution in [0.1, 0.15) is 69.2 Å². The molecule has 0 aliphatic carbocycles. The summed E-state index contributed by atoms with van der Waals surface area (Å²) in [5.41, 5.74) is 3.51. The first-order valence-corrected chi connectivity index (χ1v) is 16.0. The van der Waals surface area contributed by atoms with Gasteiger partial charge in [-0.25, -0.2) is 14.6 Å². The Balaban J connectivity index is 1.73. The van der Waals surface area contributed by atoms with Gasteiger partial charge in [-0.3, -0.25) is 4.79 Å². The Morgan fingerprint density at radius 1 is 1.28 bits per heavy atom. The summed E-state index contributed by atoms with van der Waals surface area (Å²) in [6, 6.07) is 9.76. The van der Waals surface area contributed by atoms with Crippen molar-refractivity contribution in [3.8, 4) is 17.3 Å². The van der Waals surface area contributed by atoms with Crippen molar-refractivity contribution in [1.82, 2.24) is 25.1 Å². The second kappa shape index (κ2) is 10.1. The van der Waals surface area contributed by atoms with Crippen molar-refractivity contribution in [3.05, 3.63) is 47.3 Å². The van der Waals surface area contributed by atoms with Crippen LogP contribution in [0.3, 0.4) is 0 Å². The summed E-state index contributed by atoms with van der Waals surface area (Å²) in [6.07, 6.45) is 1.67. The molecule has 11 heteroatoms. The summed E-state index contributed by atoms with van der Waals surface area (Å²) in [7, 11) is -0.536. The highest BCUT2D eigenvalue weighted by molar-refractivity contribution is 6.74. The minimum absolute atomic E-state index is 0.00932. The average Bonchev–Trinajstić information content (AvgIpc) is 3.43. The lowest BCUT2D eigenvalue weighted by Gasteiger charge is -2.42. The number of carbonyl (C=O) groups excluding carboxylic acids is 1. The molecule has 1 aromatic carbocycles. The molecule has 3 N–H and O–H groups in total. The van der Waals surface area contributed by atoms with E-state index in [1.807, 2.05) is 26.0 Å². The number of fused-ring (bicyclic) bond motifs is 1. The van der Waals surface area contributed by atoms with Crippen LogP contribution in [0, 0.1) is 11.3 Å². The minimum Gasteiger partial charge on any atom is -0.406 e. The Bertz CT molecular complexity index is 1450. The largest absolute Gasteiger partial charge is 0.406 e. The first-order valence-electron chi connectivity index (χ1n) is 13.1. The fourth-order valence-corrected chi connectivity index (χ4v) is 6.07. The molecule has 3 heterocycles. The fraction of sp³-hybridized carbons (Fsp3) is 0.464. The minimum atomic E-state index is -2.11. The molecule has 1 aliphatic rings. The third kappa shape index (κ3) is 5.39. The Labute approximate surface area is 231 Å². The van der Waals surface area contributed by atoms with E-state index in [1.54, 1.807) is 24.0 Å². The van der Waals surface area contributed by atoms with Gasteiger partial charge in [0.25, 0.3) is 5.91 Å². The van der Waals surface area contributed by atoms with Crippen molar-refractivity contribution < 1.29 is 9.22 Å². The molecule has 1 aliphatic heterocycles. The van der Waals surface area contributed by atoms with Crippen molar-refractivity contribution in [2.24, 2.45) is 0 Å². The second-order valence-corrected chi connectivity index (χ2v) is 16.7. The molecule has 3 aromatic rings. The number of nitrogens with one attached hydrogen (secondary N) is 3. The van der Waals surface area contributed by atoms with Crippen LogP contribution in [-0.2, 0) is 10.0 Å². The molecule has 0 spiro atoms. The zero-order valence-corrected chi connectivity index (χ0v) is 25.2. The van der Waals surface area contributed by atoms with E-state index in [1.165, 1.54) is 0 Å². The Morgan fingerprint density at radius 2 is 2.00 bits per heavy atom. The topological polar surface area (TPSA) is 130 Å². The predicted octanol–water partition coefficient (Wildman–Crippen LogP) is 5.56. The first-order chi connectivity index (χ1) is 18.2. The molecule has 1 amide bonds. The SMILES string of the molecule is CNC(=O)c1cc(Nc2nccc(-c3cc(C#N)c4c(c3)C(C)(O[Si](C)(C)C(C)(C)C)CN4)n2)n(C(C)C)n1. The first kappa shape index (κ1) is 28.3. The van der Waals surface area contributed by atoms with Gasteiger partial charge in [0, 0.05) is 43.0 Å². The van der Waals surface area contributed by atoms with Crippen molar-refractivity contribution in [3.63, 3.8) is 0 Å². The molecular weight excluding hydrogens is 508 g/mol. The van der Waals surface area contributed by atoms with E-state index in [2.05, 4.69) is 79.0 Å². The number of aromatic nitrogens is 4. The van der Waals surface area contributed by atoms with E-state index < -0.39 is 13.9 Å². The van der Waals surface area contributed by atoms with Gasteiger partial charge < -0.3 is 20.4 Å². The van der Waals surface area contributed by atoms with Gasteiger partial charge in [-0.1, -0.05) is 20.8 Å². The van der Waals surface area contributed by atoms with Crippen molar-refractivity contribution in [1.29, 1.82) is 5.26 Å². The van der Waals surface area contributed by atoms with Gasteiger partial charge >= 0.3 is 0 Å². The van der Waals surface area contributed by atoms with E-state index in [0.29, 0.717) is 35.3 Å². The zero-order valence-electron chi connectivity index (χ0n) is 24.2. The van der Waals surface area contributed by atoms with Gasteiger partial charge in [-0.2, -0.15) is 10.4 Å². The fourth-order valence-electron chi connectivity index (χ4n) is 4.46. The molecule has 1 unspecified atom stereocenters. The predicted molar refractivity (Wildman–Crippen MR) is 156 cm³/mol. The van der Waals surface area contributed by atoms with E-state index in [9.17, 15) is 10.1 Å². The van der Waals surface area contributed by atoms with Crippen LogP contribution in [0.4, 0.5) is 17.5 Å². The highest BCUT2D eigenvalue weighted by Gasteiger charge is 2.46. The van der Waals surface area contributed by atoms with Gasteiger partial charge in [0.15, 0.2) is 14.0 Å². The van der Waals surface area contributed by atoms with Crippen LogP contribution in [0.15, 0.2) is 30.5 Å². The van der Waals surface area contributed by atoms with E-state index in [0.717, 1.165) is 16.8 Å². The molecule has 0 radical (unpaired) electrons. The van der Waals surface area contributed by atoms with Gasteiger partial charge in [0.05, 0.1) is 22.5 Å². The maximum absolute atomic E-state index is 12.2. The summed E-state index contributed by atoms with van der Waals surface area (Å²) in [4.78, 5) is 21.3. The molecule has 4 rings (SSSR count). The average molecular weight is 547 g/mol. The van der Waals surface area contributed by atoms with E-state index >= 15 is 0 Å². The Morgan fingerprint density at radius 3 is 2.62 bits per heavy atom. The second-order valence-electron chi connectivity index (χ2n) is 11.9. The molecule has 0 fully saturated rings. The molecule has 0 bridgehead atoms. The smallest absolute Gasteiger partial charge is 0.271 e. The molecule has 39 heavy (non-hydrogen) atoms. The number of hydrogen-bond acceptors (Lipinski definition) is 8. The number of anilines is 3. The van der Waals surface area contributed by atoms with Gasteiger partial charge in [0.1, 0.15) is 11.9 Å². The summed E-state index contributed by atoms with van der Waals surface area (Å²) in [6.45, 7) is 17.8. The monoisotopic (exact) mass is 546 g/mol. The van der Waals surface area contributed by atoms with E-state index in [-0.39, 0.29) is 17.0 Å². The highest BCUT2D eigenvalue weighted by Crippen LogP contribution is 2.47. The number of hydrogen-bond donors (Lipinski definition) is 3. The summed E-state index contributed by atoms with van der Waals surface area (Å²) in [5, 5.41) is 23.7. The van der Waals surface area contributed by atoms with Crippen LogP contribution in [0.25, 0.3) is 11.3 Å². The molecule has 206 valence electrons. The maximum atomic E-state index is 12.2. The van der Waals surface area contributed by atoms with Crippen molar-refractivity contribution in [2.45, 2.75) is 71.3 Å². The number of nitriles is 1. The van der Waals surface area contributed by atoms with Crippen LogP contribution in [0.5, 0.6) is 0 Å². The summed E-state index contributed by atoms with van der Waals surface area (Å²) >= 11 is 0. The van der Waals surface area contributed by atoms with Gasteiger partial charge in [-0.15, -0.1) is 0 Å². The molecule has 0 saturated carbocycles. The number of benzene rings is 1. The van der Waals surface area contributed by atoms with Gasteiger partial charge in [0.2, 0.25) is 5.95 Å². The lowest BCUT2D eigenvalue weighted by atomic mass is 9.93. The molecule has 10 nitrogen and oxygen atoms in total. The Kier molecular flexibility index (Phi) is 7.31. The molecule has 1 atom stereocenters. The van der Waals surface area contributed by atoms with Crippen LogP contribution in [0.2, 0.25) is 18.1 Å². The normalized spacial score (nSPS) is 16.9. The van der Waals surface area contributed by atoms with E-state index in [4.69, 9.17) is 9.41 Å². The number of rotatable bonds is 7. The lowest BCUT2D eigenvalue weighted by Crippen LogP contribution is -2.48. The lowest BCUT2D eigenvalue weighted by molar-refractivity contribution is 0.0909. The number of carbonyl (C=O) groups is 1. The Hall–Kier alpha value is -3.75. The third-order valence-electron chi connectivity index (χ3n) is 7.59. The van der Waals surface area contributed by atoms with Crippen molar-refractivity contribution >= 4 is 31.7 Å². The number of nitrogens with zero attached hydrogens (tertiary/aromatic N) is 5. The number of amides is 1. The van der Waals surface area contributed by atoms with Crippen LogP contribution < -0.4 is 16.0 Å². The van der Waals surface area contributed by atoms with Crippen LogP contribution in [-0.4, -0.2) is 47.6 Å². The summed E-state index contributed by atoms with van der Waals surface area (Å²) in [5.74, 6) is 0.688. The van der Waals surface area contributed by atoms with Crippen molar-refractivity contribution in [2.75, 3.05) is 24.2 Å². The molecule has 0 saturated heterocycles. The third-order valence-corrected chi connectivity index (χ3v) is 12.2. The quantitative estimate of drug-likeness (QED) is 0.329. The molecular formula is C28H38N8O2Si.